The number of nitrogens with one attached hydrogen (secondary N) is 1. The van der Waals surface area contributed by atoms with E-state index in [-0.39, 0.29) is 12.6 Å². The van der Waals surface area contributed by atoms with Gasteiger partial charge in [0.1, 0.15) is 5.75 Å². The van der Waals surface area contributed by atoms with Gasteiger partial charge in [0.05, 0.1) is 12.3 Å². The third-order valence-electron chi connectivity index (χ3n) is 3.14. The molecule has 1 heterocycles. The van der Waals surface area contributed by atoms with Crippen LogP contribution >= 0.6 is 0 Å². The van der Waals surface area contributed by atoms with Gasteiger partial charge in [-0.3, -0.25) is 0 Å². The van der Waals surface area contributed by atoms with E-state index in [2.05, 4.69) is 18.3 Å². The Hall–Kier alpha value is -1.71. The lowest BCUT2D eigenvalue weighted by atomic mass is 10.0. The summed E-state index contributed by atoms with van der Waals surface area (Å²) in [6, 6.07) is 5.94. The molecule has 2 rings (SSSR count). The lowest BCUT2D eigenvalue weighted by molar-refractivity contribution is -0.146. The quantitative estimate of drug-likeness (QED) is 0.633. The number of ether oxygens (including phenoxy) is 2. The third kappa shape index (κ3) is 3.88. The Kier molecular flexibility index (Phi) is 5.07. The zero-order valence-electron chi connectivity index (χ0n) is 11.4. The number of esters is 1. The summed E-state index contributed by atoms with van der Waals surface area (Å²) in [7, 11) is 0. The first-order valence-corrected chi connectivity index (χ1v) is 6.95. The zero-order valence-corrected chi connectivity index (χ0v) is 11.4. The molecule has 19 heavy (non-hydrogen) atoms. The summed E-state index contributed by atoms with van der Waals surface area (Å²) >= 11 is 0. The van der Waals surface area contributed by atoms with E-state index >= 15 is 0 Å². The fourth-order valence-electron chi connectivity index (χ4n) is 2.11. The smallest absolute Gasteiger partial charge is 0.344 e. The van der Waals surface area contributed by atoms with Crippen LogP contribution in [0.25, 0.3) is 0 Å². The average molecular weight is 263 g/mol. The number of carbonyl (C=O) groups excluding carboxylic acids is 1. The largest absolute Gasteiger partial charge is 0.480 e. The van der Waals surface area contributed by atoms with Crippen LogP contribution in [0.5, 0.6) is 5.75 Å². The van der Waals surface area contributed by atoms with E-state index in [0.717, 1.165) is 43.7 Å². The monoisotopic (exact) mass is 263 g/mol. The molecule has 4 nitrogen and oxygen atoms in total. The van der Waals surface area contributed by atoms with Crippen LogP contribution in [0, 0.1) is 0 Å². The molecule has 4 heteroatoms. The average Bonchev–Trinajstić information content (AvgIpc) is 2.45. The number of unbranched alkanes of at least 4 members (excludes halogenated alkanes) is 1. The van der Waals surface area contributed by atoms with Gasteiger partial charge in [0.15, 0.2) is 6.61 Å². The second-order valence-corrected chi connectivity index (χ2v) is 4.68. The highest BCUT2D eigenvalue weighted by Gasteiger charge is 2.14. The highest BCUT2D eigenvalue weighted by molar-refractivity contribution is 5.72. The van der Waals surface area contributed by atoms with Crippen molar-refractivity contribution in [1.29, 1.82) is 0 Å². The zero-order chi connectivity index (χ0) is 13.5. The number of fused-ring (bicyclic) bond motifs is 1. The maximum Gasteiger partial charge on any atom is 0.344 e. The van der Waals surface area contributed by atoms with E-state index in [9.17, 15) is 4.79 Å². The molecular formula is C15H21NO3. The van der Waals surface area contributed by atoms with Crippen LogP contribution in [-0.2, 0) is 16.0 Å². The molecule has 0 amide bonds. The maximum absolute atomic E-state index is 11.5. The van der Waals surface area contributed by atoms with E-state index in [1.54, 1.807) is 0 Å². The minimum absolute atomic E-state index is 0.0259. The molecule has 0 radical (unpaired) electrons. The van der Waals surface area contributed by atoms with Crippen LogP contribution in [-0.4, -0.2) is 25.7 Å². The van der Waals surface area contributed by atoms with Crippen molar-refractivity contribution >= 4 is 11.7 Å². The van der Waals surface area contributed by atoms with E-state index < -0.39 is 0 Å². The second kappa shape index (κ2) is 7.02. The molecule has 1 aliphatic rings. The van der Waals surface area contributed by atoms with Crippen molar-refractivity contribution < 1.29 is 14.3 Å². The number of para-hydroxylation sites is 1. The van der Waals surface area contributed by atoms with E-state index in [1.165, 1.54) is 5.56 Å². The summed E-state index contributed by atoms with van der Waals surface area (Å²) in [5.41, 5.74) is 2.28. The summed E-state index contributed by atoms with van der Waals surface area (Å²) in [5.74, 6) is 0.437. The van der Waals surface area contributed by atoms with Crippen LogP contribution in [0.1, 0.15) is 31.7 Å². The lowest BCUT2D eigenvalue weighted by Gasteiger charge is -2.20. The van der Waals surface area contributed by atoms with Gasteiger partial charge >= 0.3 is 5.97 Å². The summed E-state index contributed by atoms with van der Waals surface area (Å²) in [5, 5.41) is 3.33. The van der Waals surface area contributed by atoms with Gasteiger partial charge in [0.2, 0.25) is 0 Å². The topological polar surface area (TPSA) is 47.6 Å². The molecule has 0 bridgehead atoms. The first-order chi connectivity index (χ1) is 9.31. The summed E-state index contributed by atoms with van der Waals surface area (Å²) in [4.78, 5) is 11.5. The Labute approximate surface area is 114 Å². The number of carbonyl (C=O) groups is 1. The van der Waals surface area contributed by atoms with Gasteiger partial charge in [-0.2, -0.15) is 0 Å². The van der Waals surface area contributed by atoms with Gasteiger partial charge < -0.3 is 14.8 Å². The Morgan fingerprint density at radius 1 is 1.42 bits per heavy atom. The van der Waals surface area contributed by atoms with Gasteiger partial charge in [0, 0.05) is 6.54 Å². The SMILES string of the molecule is CCCCOC(=O)COc1cccc2c1NCCC2. The van der Waals surface area contributed by atoms with E-state index in [1.807, 2.05) is 12.1 Å². The summed E-state index contributed by atoms with van der Waals surface area (Å²) in [6.45, 7) is 3.46. The van der Waals surface area contributed by atoms with Crippen molar-refractivity contribution in [3.63, 3.8) is 0 Å². The molecule has 0 aromatic heterocycles. The van der Waals surface area contributed by atoms with Crippen LogP contribution in [0.4, 0.5) is 5.69 Å². The van der Waals surface area contributed by atoms with Gasteiger partial charge in [-0.1, -0.05) is 25.5 Å². The Morgan fingerprint density at radius 3 is 3.16 bits per heavy atom. The van der Waals surface area contributed by atoms with Crippen molar-refractivity contribution in [3.05, 3.63) is 23.8 Å². The van der Waals surface area contributed by atoms with Crippen molar-refractivity contribution in [3.8, 4) is 5.75 Å². The van der Waals surface area contributed by atoms with Gasteiger partial charge in [-0.05, 0) is 30.9 Å². The number of aryl methyl sites for hydroxylation is 1. The minimum Gasteiger partial charge on any atom is -0.480 e. The number of hydrogen-bond donors (Lipinski definition) is 1. The van der Waals surface area contributed by atoms with Gasteiger partial charge in [-0.15, -0.1) is 0 Å². The number of benzene rings is 1. The molecule has 1 N–H and O–H groups in total. The number of rotatable bonds is 6. The number of anilines is 1. The number of hydrogen-bond acceptors (Lipinski definition) is 4. The molecule has 0 saturated heterocycles. The van der Waals surface area contributed by atoms with Crippen molar-refractivity contribution in [1.82, 2.24) is 0 Å². The Morgan fingerprint density at radius 2 is 2.32 bits per heavy atom. The van der Waals surface area contributed by atoms with Crippen LogP contribution in [0.3, 0.4) is 0 Å². The normalized spacial score (nSPS) is 13.3. The molecule has 0 saturated carbocycles. The summed E-state index contributed by atoms with van der Waals surface area (Å²) in [6.07, 6.45) is 4.11. The van der Waals surface area contributed by atoms with Crippen molar-refractivity contribution in [2.24, 2.45) is 0 Å². The summed E-state index contributed by atoms with van der Waals surface area (Å²) < 4.78 is 10.6. The van der Waals surface area contributed by atoms with Gasteiger partial charge in [0.25, 0.3) is 0 Å². The second-order valence-electron chi connectivity index (χ2n) is 4.68. The predicted octanol–water partition coefficient (Wildman–Crippen LogP) is 2.77. The minimum atomic E-state index is -0.304. The first kappa shape index (κ1) is 13.7. The van der Waals surface area contributed by atoms with Gasteiger partial charge in [-0.25, -0.2) is 4.79 Å². The maximum atomic E-state index is 11.5. The molecule has 0 unspecified atom stereocenters. The Balaban J connectivity index is 1.87. The fourth-order valence-corrected chi connectivity index (χ4v) is 2.11. The molecule has 0 fully saturated rings. The molecular weight excluding hydrogens is 242 g/mol. The fraction of sp³-hybridized carbons (Fsp3) is 0.533. The van der Waals surface area contributed by atoms with Crippen LogP contribution in [0.15, 0.2) is 18.2 Å². The first-order valence-electron chi connectivity index (χ1n) is 6.95. The molecule has 104 valence electrons. The standard InChI is InChI=1S/C15H21NO3/c1-2-3-10-18-14(17)11-19-13-8-4-6-12-7-5-9-16-15(12)13/h4,6,8,16H,2-3,5,7,9-11H2,1H3. The third-order valence-corrected chi connectivity index (χ3v) is 3.14. The van der Waals surface area contributed by atoms with Crippen molar-refractivity contribution in [2.45, 2.75) is 32.6 Å². The molecule has 1 aromatic rings. The Bertz CT molecular complexity index is 431. The van der Waals surface area contributed by atoms with Crippen LogP contribution < -0.4 is 10.1 Å². The highest BCUT2D eigenvalue weighted by atomic mass is 16.6. The molecule has 0 spiro atoms. The highest BCUT2D eigenvalue weighted by Crippen LogP contribution is 2.31. The van der Waals surface area contributed by atoms with E-state index in [4.69, 9.17) is 9.47 Å². The molecule has 0 aliphatic carbocycles. The molecule has 1 aromatic carbocycles. The molecule has 1 aliphatic heterocycles. The van der Waals surface area contributed by atoms with Crippen molar-refractivity contribution in [2.75, 3.05) is 25.1 Å². The van der Waals surface area contributed by atoms with Crippen LogP contribution in [0.2, 0.25) is 0 Å². The van der Waals surface area contributed by atoms with E-state index in [0.29, 0.717) is 6.61 Å². The molecule has 0 atom stereocenters. The predicted molar refractivity (Wildman–Crippen MR) is 74.6 cm³/mol. The lowest BCUT2D eigenvalue weighted by Crippen LogP contribution is -2.18.